The molecule has 1 aromatic rings. The van der Waals surface area contributed by atoms with E-state index in [4.69, 9.17) is 5.11 Å². The van der Waals surface area contributed by atoms with Gasteiger partial charge in [-0.05, 0) is 41.3 Å². The maximum Gasteiger partial charge on any atom is 0.0445 e. The quantitative estimate of drug-likeness (QED) is 0.842. The molecule has 92 valence electrons. The minimum absolute atomic E-state index is 0.247. The molecule has 0 aliphatic carbocycles. The summed E-state index contributed by atoms with van der Waals surface area (Å²) in [5.41, 5.74) is 0. The van der Waals surface area contributed by atoms with Crippen molar-refractivity contribution in [1.29, 1.82) is 0 Å². The van der Waals surface area contributed by atoms with E-state index in [0.29, 0.717) is 18.0 Å². The van der Waals surface area contributed by atoms with Crippen molar-refractivity contribution in [2.24, 2.45) is 5.92 Å². The van der Waals surface area contributed by atoms with Crippen molar-refractivity contribution in [3.8, 4) is 0 Å². The molecule has 2 atom stereocenters. The average molecular weight is 306 g/mol. The second kappa shape index (κ2) is 6.74. The summed E-state index contributed by atoms with van der Waals surface area (Å²) < 4.78 is 1.14. The lowest BCUT2D eigenvalue weighted by atomic mass is 10.0. The smallest absolute Gasteiger partial charge is 0.0445 e. The van der Waals surface area contributed by atoms with E-state index >= 15 is 0 Å². The van der Waals surface area contributed by atoms with E-state index in [0.717, 1.165) is 10.9 Å². The first-order chi connectivity index (χ1) is 7.54. The van der Waals surface area contributed by atoms with Crippen molar-refractivity contribution in [3.63, 3.8) is 0 Å². The molecule has 0 saturated carbocycles. The third-order valence-electron chi connectivity index (χ3n) is 2.72. The van der Waals surface area contributed by atoms with Crippen LogP contribution in [0.2, 0.25) is 0 Å². The first-order valence-corrected chi connectivity index (χ1v) is 7.32. The summed E-state index contributed by atoms with van der Waals surface area (Å²) in [4.78, 5) is 1.33. The fourth-order valence-electron chi connectivity index (χ4n) is 1.71. The first kappa shape index (κ1) is 14.2. The Morgan fingerprint density at radius 2 is 2.12 bits per heavy atom. The lowest BCUT2D eigenvalue weighted by Crippen LogP contribution is -2.36. The summed E-state index contributed by atoms with van der Waals surface area (Å²) in [5, 5.41) is 14.7. The van der Waals surface area contributed by atoms with Gasteiger partial charge in [0.25, 0.3) is 0 Å². The van der Waals surface area contributed by atoms with Crippen molar-refractivity contribution in [3.05, 3.63) is 20.8 Å². The molecule has 0 saturated heterocycles. The monoisotopic (exact) mass is 305 g/mol. The van der Waals surface area contributed by atoms with Gasteiger partial charge < -0.3 is 10.4 Å². The Hall–Kier alpha value is 0.1000. The largest absolute Gasteiger partial charge is 0.396 e. The highest BCUT2D eigenvalue weighted by molar-refractivity contribution is 9.10. The van der Waals surface area contributed by atoms with Crippen LogP contribution in [0.15, 0.2) is 15.9 Å². The molecule has 0 fully saturated rings. The molecular formula is C12H20BrNOS. The van der Waals surface area contributed by atoms with Gasteiger partial charge in [0.15, 0.2) is 0 Å². The predicted octanol–water partition coefficient (Wildman–Crippen LogP) is 3.57. The number of hydrogen-bond donors (Lipinski definition) is 2. The van der Waals surface area contributed by atoms with Gasteiger partial charge in [0, 0.05) is 33.4 Å². The number of nitrogens with one attached hydrogen (secondary N) is 1. The Kier molecular flexibility index (Phi) is 5.97. The lowest BCUT2D eigenvalue weighted by molar-refractivity contribution is 0.237. The van der Waals surface area contributed by atoms with Gasteiger partial charge in [0.2, 0.25) is 0 Å². The predicted molar refractivity (Wildman–Crippen MR) is 73.9 cm³/mol. The molecule has 0 bridgehead atoms. The molecule has 0 aliphatic rings. The maximum atomic E-state index is 9.03. The fraction of sp³-hybridized carbons (Fsp3) is 0.667. The summed E-state index contributed by atoms with van der Waals surface area (Å²) in [7, 11) is 0. The molecule has 2 nitrogen and oxygen atoms in total. The SMILES string of the molecule is CC(NC(CCO)C(C)C)c1cc(Br)cs1. The van der Waals surface area contributed by atoms with E-state index in [-0.39, 0.29) is 6.61 Å². The van der Waals surface area contributed by atoms with E-state index in [9.17, 15) is 0 Å². The summed E-state index contributed by atoms with van der Waals surface area (Å²) in [6.45, 7) is 6.79. The van der Waals surface area contributed by atoms with Gasteiger partial charge in [-0.3, -0.25) is 0 Å². The second-order valence-electron chi connectivity index (χ2n) is 4.42. The number of halogens is 1. The van der Waals surface area contributed by atoms with Crippen LogP contribution in [0.4, 0.5) is 0 Å². The summed E-state index contributed by atoms with van der Waals surface area (Å²) >= 11 is 5.23. The second-order valence-corrected chi connectivity index (χ2v) is 6.28. The van der Waals surface area contributed by atoms with Gasteiger partial charge in [-0.2, -0.15) is 0 Å². The minimum Gasteiger partial charge on any atom is -0.396 e. The molecule has 1 aromatic heterocycles. The Balaban J connectivity index is 2.57. The lowest BCUT2D eigenvalue weighted by Gasteiger charge is -2.25. The molecule has 0 spiro atoms. The van der Waals surface area contributed by atoms with Gasteiger partial charge in [-0.15, -0.1) is 11.3 Å². The van der Waals surface area contributed by atoms with Crippen molar-refractivity contribution in [1.82, 2.24) is 5.32 Å². The van der Waals surface area contributed by atoms with E-state index in [2.05, 4.69) is 53.5 Å². The van der Waals surface area contributed by atoms with Crippen molar-refractivity contribution in [2.75, 3.05) is 6.61 Å². The standard InChI is InChI=1S/C12H20BrNOS/c1-8(2)11(4-5-15)14-9(3)12-6-10(13)7-16-12/h6-9,11,14-15H,4-5H2,1-3H3. The molecule has 1 heterocycles. The molecule has 0 amide bonds. The Morgan fingerprint density at radius 1 is 1.44 bits per heavy atom. The third-order valence-corrected chi connectivity index (χ3v) is 4.60. The summed E-state index contributed by atoms with van der Waals surface area (Å²) in [6, 6.07) is 2.87. The van der Waals surface area contributed by atoms with Crippen molar-refractivity contribution < 1.29 is 5.11 Å². The van der Waals surface area contributed by atoms with Crippen molar-refractivity contribution in [2.45, 2.75) is 39.3 Å². The Bertz CT molecular complexity index is 314. The van der Waals surface area contributed by atoms with Crippen LogP contribution in [0.1, 0.15) is 38.1 Å². The van der Waals surface area contributed by atoms with Crippen LogP contribution >= 0.6 is 27.3 Å². The highest BCUT2D eigenvalue weighted by Crippen LogP contribution is 2.26. The summed E-state index contributed by atoms with van der Waals surface area (Å²) in [6.07, 6.45) is 0.814. The van der Waals surface area contributed by atoms with Crippen LogP contribution in [0.3, 0.4) is 0 Å². The molecular weight excluding hydrogens is 286 g/mol. The molecule has 0 radical (unpaired) electrons. The van der Waals surface area contributed by atoms with Gasteiger partial charge in [0.05, 0.1) is 0 Å². The molecule has 0 aliphatic heterocycles. The topological polar surface area (TPSA) is 32.3 Å². The van der Waals surface area contributed by atoms with Crippen molar-refractivity contribution >= 4 is 27.3 Å². The van der Waals surface area contributed by atoms with E-state index in [1.165, 1.54) is 4.88 Å². The average Bonchev–Trinajstić information content (AvgIpc) is 2.64. The molecule has 1 rings (SSSR count). The van der Waals surface area contributed by atoms with Crippen LogP contribution < -0.4 is 5.32 Å². The molecule has 4 heteroatoms. The highest BCUT2D eigenvalue weighted by atomic mass is 79.9. The number of aliphatic hydroxyl groups excluding tert-OH is 1. The van der Waals surface area contributed by atoms with E-state index in [1.807, 2.05) is 0 Å². The number of thiophene rings is 1. The Labute approximate surface area is 110 Å². The number of rotatable bonds is 6. The molecule has 16 heavy (non-hydrogen) atoms. The zero-order chi connectivity index (χ0) is 12.1. The number of aliphatic hydroxyl groups is 1. The van der Waals surface area contributed by atoms with Crippen LogP contribution in [-0.2, 0) is 0 Å². The maximum absolute atomic E-state index is 9.03. The normalized spacial score (nSPS) is 15.4. The third kappa shape index (κ3) is 4.17. The van der Waals surface area contributed by atoms with Crippen LogP contribution in [0.25, 0.3) is 0 Å². The minimum atomic E-state index is 0.247. The zero-order valence-corrected chi connectivity index (χ0v) is 12.4. The molecule has 0 aromatic carbocycles. The van der Waals surface area contributed by atoms with Crippen LogP contribution in [-0.4, -0.2) is 17.8 Å². The van der Waals surface area contributed by atoms with E-state index < -0.39 is 0 Å². The van der Waals surface area contributed by atoms with Gasteiger partial charge in [-0.1, -0.05) is 13.8 Å². The first-order valence-electron chi connectivity index (χ1n) is 5.65. The zero-order valence-electron chi connectivity index (χ0n) is 10.0. The highest BCUT2D eigenvalue weighted by Gasteiger charge is 2.17. The molecule has 2 unspecified atom stereocenters. The van der Waals surface area contributed by atoms with Gasteiger partial charge in [-0.25, -0.2) is 0 Å². The summed E-state index contributed by atoms with van der Waals surface area (Å²) in [5.74, 6) is 0.540. The van der Waals surface area contributed by atoms with E-state index in [1.54, 1.807) is 11.3 Å². The number of hydrogen-bond acceptors (Lipinski definition) is 3. The Morgan fingerprint density at radius 3 is 2.56 bits per heavy atom. The van der Waals surface area contributed by atoms with Gasteiger partial charge in [0.1, 0.15) is 0 Å². The van der Waals surface area contributed by atoms with Crippen LogP contribution in [0.5, 0.6) is 0 Å². The molecule has 2 N–H and O–H groups in total. The fourth-order valence-corrected chi connectivity index (χ4v) is 3.17. The van der Waals surface area contributed by atoms with Gasteiger partial charge >= 0.3 is 0 Å². The van der Waals surface area contributed by atoms with Crippen LogP contribution in [0, 0.1) is 5.92 Å².